The van der Waals surface area contributed by atoms with E-state index in [1.165, 1.54) is 63.6 Å². The molecule has 1 aromatic heterocycles. The SMILES string of the molecule is CCCCCCCCCCCc1n(CCC)cc[n+]1Cc1ccc(C(=O)[O-])cc1. The van der Waals surface area contributed by atoms with Crippen LogP contribution in [0.4, 0.5) is 0 Å². The minimum atomic E-state index is -1.12. The van der Waals surface area contributed by atoms with Crippen molar-refractivity contribution in [2.75, 3.05) is 0 Å². The highest BCUT2D eigenvalue weighted by atomic mass is 16.4. The van der Waals surface area contributed by atoms with Crippen molar-refractivity contribution >= 4 is 5.97 Å². The first-order valence-corrected chi connectivity index (χ1v) is 11.5. The Morgan fingerprint density at radius 1 is 0.897 bits per heavy atom. The Kier molecular flexibility index (Phi) is 10.5. The van der Waals surface area contributed by atoms with Crippen LogP contribution in [0.1, 0.15) is 99.8 Å². The van der Waals surface area contributed by atoms with Gasteiger partial charge in [0.2, 0.25) is 0 Å². The second-order valence-corrected chi connectivity index (χ2v) is 8.10. The van der Waals surface area contributed by atoms with Crippen molar-refractivity contribution in [2.24, 2.45) is 0 Å². The van der Waals surface area contributed by atoms with Gasteiger partial charge in [0.05, 0.1) is 12.5 Å². The summed E-state index contributed by atoms with van der Waals surface area (Å²) in [6.45, 7) is 6.30. The Balaban J connectivity index is 1.86. The fraction of sp³-hybridized carbons (Fsp3) is 0.600. The molecule has 2 aromatic rings. The number of carbonyl (C=O) groups excluding carboxylic acids is 1. The van der Waals surface area contributed by atoms with Crippen LogP contribution in [-0.4, -0.2) is 10.5 Å². The molecule has 0 spiro atoms. The molecule has 0 aliphatic carbocycles. The van der Waals surface area contributed by atoms with Crippen LogP contribution < -0.4 is 9.67 Å². The summed E-state index contributed by atoms with van der Waals surface area (Å²) in [6.07, 6.45) is 18.7. The van der Waals surface area contributed by atoms with Crippen LogP contribution >= 0.6 is 0 Å². The monoisotopic (exact) mass is 398 g/mol. The van der Waals surface area contributed by atoms with Crippen LogP contribution in [0.2, 0.25) is 0 Å². The summed E-state index contributed by atoms with van der Waals surface area (Å²) in [5.41, 5.74) is 1.35. The minimum Gasteiger partial charge on any atom is -0.545 e. The number of unbranched alkanes of at least 4 members (excludes halogenated alkanes) is 8. The maximum absolute atomic E-state index is 10.9. The fourth-order valence-electron chi connectivity index (χ4n) is 3.91. The number of imidazole rings is 1. The lowest BCUT2D eigenvalue weighted by Crippen LogP contribution is -2.38. The van der Waals surface area contributed by atoms with E-state index in [1.54, 1.807) is 12.1 Å². The van der Waals surface area contributed by atoms with Crippen LogP contribution in [0.25, 0.3) is 0 Å². The zero-order chi connectivity index (χ0) is 20.9. The number of carboxylic acids is 1. The van der Waals surface area contributed by atoms with Gasteiger partial charge in [0.25, 0.3) is 5.82 Å². The first-order chi connectivity index (χ1) is 14.2. The van der Waals surface area contributed by atoms with Crippen molar-refractivity contribution in [3.05, 3.63) is 53.6 Å². The van der Waals surface area contributed by atoms with Gasteiger partial charge in [0.1, 0.15) is 18.9 Å². The molecule has 0 saturated carbocycles. The number of aryl methyl sites for hydroxylation is 1. The zero-order valence-electron chi connectivity index (χ0n) is 18.4. The fourth-order valence-corrected chi connectivity index (χ4v) is 3.91. The molecule has 0 N–H and O–H groups in total. The van der Waals surface area contributed by atoms with E-state index >= 15 is 0 Å². The Labute approximate surface area is 176 Å². The first-order valence-electron chi connectivity index (χ1n) is 11.5. The molecule has 0 fully saturated rings. The molecular weight excluding hydrogens is 360 g/mol. The molecule has 0 radical (unpaired) electrons. The number of rotatable bonds is 15. The zero-order valence-corrected chi connectivity index (χ0v) is 18.4. The van der Waals surface area contributed by atoms with Crippen molar-refractivity contribution < 1.29 is 14.5 Å². The molecule has 4 nitrogen and oxygen atoms in total. The summed E-state index contributed by atoms with van der Waals surface area (Å²) < 4.78 is 4.69. The number of nitrogens with zero attached hydrogens (tertiary/aromatic N) is 2. The maximum Gasteiger partial charge on any atom is 0.256 e. The molecular formula is C25H38N2O2. The van der Waals surface area contributed by atoms with Gasteiger partial charge in [0, 0.05) is 6.42 Å². The third-order valence-electron chi connectivity index (χ3n) is 5.60. The summed E-state index contributed by atoms with van der Waals surface area (Å²) in [5.74, 6) is 0.253. The molecule has 0 atom stereocenters. The third-order valence-corrected chi connectivity index (χ3v) is 5.60. The molecule has 29 heavy (non-hydrogen) atoms. The third kappa shape index (κ3) is 8.04. The lowest BCUT2D eigenvalue weighted by atomic mass is 10.1. The highest BCUT2D eigenvalue weighted by molar-refractivity contribution is 5.85. The van der Waals surface area contributed by atoms with Gasteiger partial charge >= 0.3 is 0 Å². The van der Waals surface area contributed by atoms with E-state index in [-0.39, 0.29) is 5.56 Å². The largest absolute Gasteiger partial charge is 0.545 e. The predicted octanol–water partition coefficient (Wildman–Crippen LogP) is 4.67. The highest BCUT2D eigenvalue weighted by Gasteiger charge is 2.16. The van der Waals surface area contributed by atoms with Crippen molar-refractivity contribution in [1.82, 2.24) is 4.57 Å². The van der Waals surface area contributed by atoms with Crippen LogP contribution in [0.5, 0.6) is 0 Å². The molecule has 0 amide bonds. The summed E-state index contributed by atoms with van der Waals surface area (Å²) in [5, 5.41) is 10.9. The van der Waals surface area contributed by atoms with Crippen molar-refractivity contribution in [2.45, 2.75) is 97.6 Å². The van der Waals surface area contributed by atoms with Crippen LogP contribution in [0, 0.1) is 0 Å². The minimum absolute atomic E-state index is 0.234. The van der Waals surface area contributed by atoms with Gasteiger partial charge in [0.15, 0.2) is 0 Å². The summed E-state index contributed by atoms with van der Waals surface area (Å²) in [4.78, 5) is 10.9. The Hall–Kier alpha value is -2.10. The van der Waals surface area contributed by atoms with E-state index in [9.17, 15) is 9.90 Å². The van der Waals surface area contributed by atoms with Gasteiger partial charge in [-0.2, -0.15) is 0 Å². The van der Waals surface area contributed by atoms with Gasteiger partial charge in [-0.15, -0.1) is 0 Å². The molecule has 0 aliphatic rings. The molecule has 1 aromatic carbocycles. The number of hydrogen-bond donors (Lipinski definition) is 0. The van der Waals surface area contributed by atoms with Crippen LogP contribution in [-0.2, 0) is 19.5 Å². The lowest BCUT2D eigenvalue weighted by Gasteiger charge is -2.07. The van der Waals surface area contributed by atoms with Gasteiger partial charge in [-0.1, -0.05) is 89.5 Å². The average molecular weight is 399 g/mol. The van der Waals surface area contributed by atoms with Crippen molar-refractivity contribution in [3.63, 3.8) is 0 Å². The quantitative estimate of drug-likeness (QED) is 0.323. The number of benzene rings is 1. The second kappa shape index (κ2) is 13.2. The number of carbonyl (C=O) groups is 1. The van der Waals surface area contributed by atoms with E-state index < -0.39 is 5.97 Å². The molecule has 0 unspecified atom stereocenters. The topological polar surface area (TPSA) is 48.9 Å². The standard InChI is InChI=1S/C25H38N2O2/c1-3-5-6-7-8-9-10-11-12-13-24-26(18-4-2)19-20-27(24)21-22-14-16-23(17-15-22)25(28)29/h14-17,19-20H,3-13,18,21H2,1-2H3. The average Bonchev–Trinajstić information content (AvgIpc) is 3.08. The van der Waals surface area contributed by atoms with E-state index in [1.807, 2.05) is 12.1 Å². The van der Waals surface area contributed by atoms with Crippen molar-refractivity contribution in [3.8, 4) is 0 Å². The van der Waals surface area contributed by atoms with Gasteiger partial charge < -0.3 is 9.90 Å². The Morgan fingerprint density at radius 2 is 1.52 bits per heavy atom. The number of aromatic nitrogens is 2. The number of hydrogen-bond acceptors (Lipinski definition) is 2. The van der Waals surface area contributed by atoms with Gasteiger partial charge in [-0.3, -0.25) is 0 Å². The molecule has 0 bridgehead atoms. The molecule has 0 saturated heterocycles. The Morgan fingerprint density at radius 3 is 2.10 bits per heavy atom. The second-order valence-electron chi connectivity index (χ2n) is 8.10. The normalized spacial score (nSPS) is 11.1. The van der Waals surface area contributed by atoms with E-state index in [4.69, 9.17) is 0 Å². The van der Waals surface area contributed by atoms with Crippen molar-refractivity contribution in [1.29, 1.82) is 0 Å². The van der Waals surface area contributed by atoms with Crippen LogP contribution in [0.3, 0.4) is 0 Å². The molecule has 1 heterocycles. The maximum atomic E-state index is 10.9. The number of carboxylic acid groups (broad SMARTS) is 1. The molecule has 4 heteroatoms. The highest BCUT2D eigenvalue weighted by Crippen LogP contribution is 2.12. The van der Waals surface area contributed by atoms with E-state index in [2.05, 4.69) is 35.4 Å². The first kappa shape index (κ1) is 23.2. The smallest absolute Gasteiger partial charge is 0.256 e. The predicted molar refractivity (Wildman–Crippen MR) is 116 cm³/mol. The van der Waals surface area contributed by atoms with Gasteiger partial charge in [-0.05, 0) is 24.0 Å². The summed E-state index contributed by atoms with van der Waals surface area (Å²) >= 11 is 0. The Bertz CT molecular complexity index is 719. The lowest BCUT2D eigenvalue weighted by molar-refractivity contribution is -0.695. The molecule has 160 valence electrons. The van der Waals surface area contributed by atoms with Crippen LogP contribution in [0.15, 0.2) is 36.7 Å². The summed E-state index contributed by atoms with van der Waals surface area (Å²) in [6, 6.07) is 7.04. The summed E-state index contributed by atoms with van der Waals surface area (Å²) in [7, 11) is 0. The molecule has 2 rings (SSSR count). The van der Waals surface area contributed by atoms with E-state index in [0.717, 1.165) is 31.5 Å². The van der Waals surface area contributed by atoms with E-state index in [0.29, 0.717) is 0 Å². The molecule has 0 aliphatic heterocycles. The number of aromatic carboxylic acids is 1. The van der Waals surface area contributed by atoms with Gasteiger partial charge in [-0.25, -0.2) is 9.13 Å².